The van der Waals surface area contributed by atoms with E-state index >= 15 is 0 Å². The predicted molar refractivity (Wildman–Crippen MR) is 79.1 cm³/mol. The minimum atomic E-state index is -0.494. The van der Waals surface area contributed by atoms with Crippen molar-refractivity contribution in [3.63, 3.8) is 0 Å². The second-order valence-corrected chi connectivity index (χ2v) is 4.38. The van der Waals surface area contributed by atoms with Gasteiger partial charge in [0, 0.05) is 29.7 Å². The van der Waals surface area contributed by atoms with Crippen LogP contribution in [0.3, 0.4) is 0 Å². The van der Waals surface area contributed by atoms with Crippen molar-refractivity contribution in [2.45, 2.75) is 13.1 Å². The zero-order valence-electron chi connectivity index (χ0n) is 11.7. The van der Waals surface area contributed by atoms with Gasteiger partial charge in [-0.15, -0.1) is 0 Å². The highest BCUT2D eigenvalue weighted by atomic mass is 16.5. The van der Waals surface area contributed by atoms with Crippen molar-refractivity contribution in [3.8, 4) is 0 Å². The van der Waals surface area contributed by atoms with Crippen LogP contribution in [0.25, 0.3) is 0 Å². The number of methoxy groups -OCH3 is 1. The van der Waals surface area contributed by atoms with Gasteiger partial charge in [-0.2, -0.15) is 5.10 Å². The molecule has 0 saturated heterocycles. The van der Waals surface area contributed by atoms with Crippen LogP contribution < -0.4 is 10.6 Å². The standard InChI is InChI=1S/C14H18N4O3/c1-21-14(20)17-13-4-2-12(3-5-13)15-8-11-9-16-18(10-11)6-7-19/h2-5,9-10,15,19H,6-8H2,1H3,(H,17,20). The molecule has 3 N–H and O–H groups in total. The summed E-state index contributed by atoms with van der Waals surface area (Å²) in [5.41, 5.74) is 2.63. The molecular formula is C14H18N4O3. The van der Waals surface area contributed by atoms with Crippen molar-refractivity contribution >= 4 is 17.5 Å². The number of benzene rings is 1. The van der Waals surface area contributed by atoms with E-state index in [1.165, 1.54) is 7.11 Å². The Morgan fingerprint density at radius 2 is 2.05 bits per heavy atom. The van der Waals surface area contributed by atoms with Crippen LogP contribution in [0, 0.1) is 0 Å². The Kier molecular flexibility index (Phi) is 5.16. The molecule has 1 aromatic heterocycles. The lowest BCUT2D eigenvalue weighted by atomic mass is 10.2. The first-order valence-electron chi connectivity index (χ1n) is 6.52. The second kappa shape index (κ2) is 7.30. The Bertz CT molecular complexity index is 580. The average Bonchev–Trinajstić information content (AvgIpc) is 2.94. The number of amides is 1. The van der Waals surface area contributed by atoms with Gasteiger partial charge in [-0.05, 0) is 24.3 Å². The lowest BCUT2D eigenvalue weighted by molar-refractivity contribution is 0.187. The van der Waals surface area contributed by atoms with Crippen LogP contribution in [0.15, 0.2) is 36.7 Å². The minimum absolute atomic E-state index is 0.0726. The van der Waals surface area contributed by atoms with Gasteiger partial charge in [-0.3, -0.25) is 10.00 Å². The molecule has 0 atom stereocenters. The van der Waals surface area contributed by atoms with Crippen molar-refractivity contribution in [1.29, 1.82) is 0 Å². The number of anilines is 2. The lowest BCUT2D eigenvalue weighted by Crippen LogP contribution is -2.10. The number of aliphatic hydroxyl groups is 1. The molecule has 0 unspecified atom stereocenters. The van der Waals surface area contributed by atoms with E-state index in [9.17, 15) is 4.79 Å². The van der Waals surface area contributed by atoms with Crippen LogP contribution in [0.4, 0.5) is 16.2 Å². The summed E-state index contributed by atoms with van der Waals surface area (Å²) in [5.74, 6) is 0. The Morgan fingerprint density at radius 1 is 1.33 bits per heavy atom. The molecule has 1 heterocycles. The SMILES string of the molecule is COC(=O)Nc1ccc(NCc2cnn(CCO)c2)cc1. The molecule has 0 saturated carbocycles. The Labute approximate surface area is 122 Å². The van der Waals surface area contributed by atoms with Crippen LogP contribution >= 0.6 is 0 Å². The van der Waals surface area contributed by atoms with Crippen LogP contribution in [-0.2, 0) is 17.8 Å². The first-order valence-corrected chi connectivity index (χ1v) is 6.52. The summed E-state index contributed by atoms with van der Waals surface area (Å²) in [4.78, 5) is 11.1. The third-order valence-corrected chi connectivity index (χ3v) is 2.83. The number of hydrogen-bond donors (Lipinski definition) is 3. The maximum Gasteiger partial charge on any atom is 0.411 e. The number of ether oxygens (including phenoxy) is 1. The van der Waals surface area contributed by atoms with E-state index in [0.29, 0.717) is 18.8 Å². The van der Waals surface area contributed by atoms with E-state index < -0.39 is 6.09 Å². The summed E-state index contributed by atoms with van der Waals surface area (Å²) >= 11 is 0. The smallest absolute Gasteiger partial charge is 0.411 e. The molecule has 0 spiro atoms. The Morgan fingerprint density at radius 3 is 2.71 bits per heavy atom. The van der Waals surface area contributed by atoms with E-state index in [4.69, 9.17) is 5.11 Å². The van der Waals surface area contributed by atoms with Crippen molar-refractivity contribution < 1.29 is 14.6 Å². The van der Waals surface area contributed by atoms with Gasteiger partial charge in [0.05, 0.1) is 26.5 Å². The maximum atomic E-state index is 11.1. The number of nitrogens with zero attached hydrogens (tertiary/aromatic N) is 2. The summed E-state index contributed by atoms with van der Waals surface area (Å²) < 4.78 is 6.21. The van der Waals surface area contributed by atoms with Crippen LogP contribution in [0.1, 0.15) is 5.56 Å². The number of hydrogen-bond acceptors (Lipinski definition) is 5. The van der Waals surface area contributed by atoms with Crippen LogP contribution in [-0.4, -0.2) is 34.7 Å². The first kappa shape index (κ1) is 14.9. The molecule has 0 aliphatic heterocycles. The summed E-state index contributed by atoms with van der Waals surface area (Å²) in [6.07, 6.45) is 3.15. The predicted octanol–water partition coefficient (Wildman–Crippen LogP) is 1.67. The molecule has 0 aliphatic carbocycles. The third-order valence-electron chi connectivity index (χ3n) is 2.83. The topological polar surface area (TPSA) is 88.4 Å². The third kappa shape index (κ3) is 4.50. The molecule has 112 valence electrons. The number of aromatic nitrogens is 2. The molecule has 7 heteroatoms. The second-order valence-electron chi connectivity index (χ2n) is 4.38. The van der Waals surface area contributed by atoms with Crippen LogP contribution in [0.5, 0.6) is 0 Å². The van der Waals surface area contributed by atoms with E-state index in [2.05, 4.69) is 20.5 Å². The molecule has 0 bridgehead atoms. The zero-order valence-corrected chi connectivity index (χ0v) is 11.7. The molecule has 0 fully saturated rings. The minimum Gasteiger partial charge on any atom is -0.453 e. The fraction of sp³-hybridized carbons (Fsp3) is 0.286. The van der Waals surface area contributed by atoms with Crippen molar-refractivity contribution in [3.05, 3.63) is 42.2 Å². The fourth-order valence-corrected chi connectivity index (χ4v) is 1.77. The number of rotatable bonds is 6. The molecule has 2 rings (SSSR count). The summed E-state index contributed by atoms with van der Waals surface area (Å²) in [7, 11) is 1.32. The number of carbonyl (C=O) groups is 1. The van der Waals surface area contributed by atoms with Gasteiger partial charge in [-0.25, -0.2) is 4.79 Å². The molecular weight excluding hydrogens is 272 g/mol. The maximum absolute atomic E-state index is 11.1. The van der Waals surface area contributed by atoms with Gasteiger partial charge in [-0.1, -0.05) is 0 Å². The fourth-order valence-electron chi connectivity index (χ4n) is 1.77. The summed E-state index contributed by atoms with van der Waals surface area (Å²) in [6.45, 7) is 1.20. The summed E-state index contributed by atoms with van der Waals surface area (Å²) in [5, 5.41) is 18.8. The van der Waals surface area contributed by atoms with Gasteiger partial charge >= 0.3 is 6.09 Å². The molecule has 1 aromatic carbocycles. The normalized spacial score (nSPS) is 10.2. The van der Waals surface area contributed by atoms with Crippen molar-refractivity contribution in [2.24, 2.45) is 0 Å². The van der Waals surface area contributed by atoms with Gasteiger partial charge < -0.3 is 15.2 Å². The molecule has 21 heavy (non-hydrogen) atoms. The highest BCUT2D eigenvalue weighted by molar-refractivity contribution is 5.84. The molecule has 2 aromatic rings. The Hall–Kier alpha value is -2.54. The van der Waals surface area contributed by atoms with Crippen molar-refractivity contribution in [2.75, 3.05) is 24.4 Å². The van der Waals surface area contributed by atoms with Crippen LogP contribution in [0.2, 0.25) is 0 Å². The quantitative estimate of drug-likeness (QED) is 0.753. The highest BCUT2D eigenvalue weighted by Gasteiger charge is 2.01. The van der Waals surface area contributed by atoms with Gasteiger partial charge in [0.2, 0.25) is 0 Å². The largest absolute Gasteiger partial charge is 0.453 e. The lowest BCUT2D eigenvalue weighted by Gasteiger charge is -2.07. The number of aliphatic hydroxyl groups excluding tert-OH is 1. The molecule has 1 amide bonds. The molecule has 7 nitrogen and oxygen atoms in total. The van der Waals surface area contributed by atoms with Gasteiger partial charge in [0.1, 0.15) is 0 Å². The zero-order chi connectivity index (χ0) is 15.1. The van der Waals surface area contributed by atoms with Gasteiger partial charge in [0.25, 0.3) is 0 Å². The monoisotopic (exact) mass is 290 g/mol. The number of carbonyl (C=O) groups excluding carboxylic acids is 1. The Balaban J connectivity index is 1.86. The van der Waals surface area contributed by atoms with Gasteiger partial charge in [0.15, 0.2) is 0 Å². The average molecular weight is 290 g/mol. The van der Waals surface area contributed by atoms with E-state index in [0.717, 1.165) is 11.3 Å². The summed E-state index contributed by atoms with van der Waals surface area (Å²) in [6, 6.07) is 7.30. The van der Waals surface area contributed by atoms with E-state index in [1.807, 2.05) is 18.3 Å². The van der Waals surface area contributed by atoms with Crippen molar-refractivity contribution in [1.82, 2.24) is 9.78 Å². The van der Waals surface area contributed by atoms with E-state index in [1.54, 1.807) is 23.0 Å². The number of nitrogens with one attached hydrogen (secondary N) is 2. The van der Waals surface area contributed by atoms with E-state index in [-0.39, 0.29) is 6.61 Å². The molecule has 0 aliphatic rings. The highest BCUT2D eigenvalue weighted by Crippen LogP contribution is 2.14. The molecule has 0 radical (unpaired) electrons. The first-order chi connectivity index (χ1) is 10.2.